The maximum absolute atomic E-state index is 2.80. The van der Waals surface area contributed by atoms with E-state index < -0.39 is 0 Å². The fraction of sp³-hybridized carbons (Fsp3) is 0.520. The van der Waals surface area contributed by atoms with Crippen LogP contribution in [0.15, 0.2) is 48.5 Å². The first kappa shape index (κ1) is 17.8. The van der Waals surface area contributed by atoms with Gasteiger partial charge in [-0.05, 0) is 73.4 Å². The topological polar surface area (TPSA) is 3.24 Å². The Morgan fingerprint density at radius 1 is 0.846 bits per heavy atom. The van der Waals surface area contributed by atoms with Crippen LogP contribution in [0.2, 0.25) is 0 Å². The number of benzene rings is 2. The smallest absolute Gasteiger partial charge is 0.0391 e. The maximum atomic E-state index is 2.80. The highest BCUT2D eigenvalue weighted by atomic mass is 15.2. The second kappa shape index (κ2) is 8.39. The van der Waals surface area contributed by atoms with Gasteiger partial charge in [-0.1, -0.05) is 74.7 Å². The third-order valence-electron chi connectivity index (χ3n) is 6.67. The summed E-state index contributed by atoms with van der Waals surface area (Å²) in [4.78, 5) is 2.80. The van der Waals surface area contributed by atoms with Gasteiger partial charge in [0.25, 0.3) is 0 Å². The van der Waals surface area contributed by atoms with Crippen molar-refractivity contribution < 1.29 is 0 Å². The van der Waals surface area contributed by atoms with Crippen LogP contribution in [0.1, 0.15) is 67.3 Å². The van der Waals surface area contributed by atoms with Crippen molar-refractivity contribution in [3.05, 3.63) is 70.8 Å². The number of fused-ring (bicyclic) bond motifs is 2. The fourth-order valence-electron chi connectivity index (χ4n) is 5.05. The van der Waals surface area contributed by atoms with Crippen LogP contribution in [0.25, 0.3) is 0 Å². The molecule has 2 aromatic rings. The first-order valence-corrected chi connectivity index (χ1v) is 10.7. The summed E-state index contributed by atoms with van der Waals surface area (Å²) in [5, 5.41) is 0. The van der Waals surface area contributed by atoms with Gasteiger partial charge < -0.3 is 0 Å². The molecule has 1 nitrogen and oxygen atoms in total. The Morgan fingerprint density at radius 2 is 1.50 bits per heavy atom. The minimum atomic E-state index is 0.555. The van der Waals surface area contributed by atoms with Gasteiger partial charge in [-0.2, -0.15) is 0 Å². The lowest BCUT2D eigenvalue weighted by molar-refractivity contribution is 0.126. The molecule has 138 valence electrons. The molecule has 0 bridgehead atoms. The molecular formula is C25H33N. The highest BCUT2D eigenvalue weighted by molar-refractivity contribution is 5.38. The molecule has 2 aromatic carbocycles. The molecule has 0 radical (unpaired) electrons. The van der Waals surface area contributed by atoms with Gasteiger partial charge in [0.2, 0.25) is 0 Å². The van der Waals surface area contributed by atoms with E-state index in [1.54, 1.807) is 22.3 Å². The molecule has 1 atom stereocenters. The van der Waals surface area contributed by atoms with E-state index in [1.807, 2.05) is 0 Å². The number of hydrogen-bond acceptors (Lipinski definition) is 1. The predicted molar refractivity (Wildman–Crippen MR) is 111 cm³/mol. The zero-order chi connectivity index (χ0) is 17.8. The number of piperidine rings is 1. The maximum Gasteiger partial charge on any atom is 0.0391 e. The second-order valence-corrected chi connectivity index (χ2v) is 8.31. The van der Waals surface area contributed by atoms with Crippen LogP contribution in [0.3, 0.4) is 0 Å². The first-order chi connectivity index (χ1) is 12.8. The summed E-state index contributed by atoms with van der Waals surface area (Å²) < 4.78 is 0. The number of aryl methyl sites for hydroxylation is 2. The number of likely N-dealkylation sites (tertiary alicyclic amines) is 1. The Morgan fingerprint density at radius 3 is 2.27 bits per heavy atom. The molecule has 0 amide bonds. The van der Waals surface area contributed by atoms with Gasteiger partial charge in [-0.15, -0.1) is 0 Å². The van der Waals surface area contributed by atoms with E-state index in [-0.39, 0.29) is 0 Å². The van der Waals surface area contributed by atoms with Gasteiger partial charge in [0.05, 0.1) is 0 Å². The summed E-state index contributed by atoms with van der Waals surface area (Å²) >= 11 is 0. The van der Waals surface area contributed by atoms with E-state index in [1.165, 1.54) is 64.5 Å². The Hall–Kier alpha value is -1.60. The summed E-state index contributed by atoms with van der Waals surface area (Å²) in [5.74, 6) is 0.960. The minimum Gasteiger partial charge on any atom is -0.296 e. The zero-order valence-electron chi connectivity index (χ0n) is 16.3. The Bertz CT molecular complexity index is 712. The van der Waals surface area contributed by atoms with Crippen LogP contribution in [-0.4, -0.2) is 18.0 Å². The largest absolute Gasteiger partial charge is 0.296 e. The monoisotopic (exact) mass is 347 g/mol. The third-order valence-corrected chi connectivity index (χ3v) is 6.67. The third kappa shape index (κ3) is 3.88. The molecular weight excluding hydrogens is 314 g/mol. The summed E-state index contributed by atoms with van der Waals surface area (Å²) in [7, 11) is 0. The molecule has 1 fully saturated rings. The van der Waals surface area contributed by atoms with Gasteiger partial charge in [0.1, 0.15) is 0 Å². The summed E-state index contributed by atoms with van der Waals surface area (Å²) in [6.07, 6.45) is 10.5. The molecule has 0 spiro atoms. The van der Waals surface area contributed by atoms with Crippen LogP contribution in [0.4, 0.5) is 0 Å². The molecule has 0 aromatic heterocycles. The molecule has 26 heavy (non-hydrogen) atoms. The Balaban J connectivity index is 1.57. The Kier molecular flexibility index (Phi) is 5.75. The van der Waals surface area contributed by atoms with Crippen LogP contribution < -0.4 is 0 Å². The minimum absolute atomic E-state index is 0.555. The number of unbranched alkanes of at least 4 members (excludes halogenated alkanes) is 1. The highest BCUT2D eigenvalue weighted by Crippen LogP contribution is 2.35. The van der Waals surface area contributed by atoms with E-state index in [2.05, 4.69) is 60.4 Å². The van der Waals surface area contributed by atoms with E-state index in [9.17, 15) is 0 Å². The van der Waals surface area contributed by atoms with Crippen LogP contribution >= 0.6 is 0 Å². The molecule has 1 unspecified atom stereocenters. The van der Waals surface area contributed by atoms with E-state index in [4.69, 9.17) is 0 Å². The second-order valence-electron chi connectivity index (χ2n) is 8.31. The predicted octanol–water partition coefficient (Wildman–Crippen LogP) is 5.97. The van der Waals surface area contributed by atoms with Gasteiger partial charge >= 0.3 is 0 Å². The van der Waals surface area contributed by atoms with Crippen molar-refractivity contribution in [3.63, 3.8) is 0 Å². The van der Waals surface area contributed by atoms with Crippen molar-refractivity contribution in [3.8, 4) is 0 Å². The lowest BCUT2D eigenvalue weighted by Gasteiger charge is -2.39. The number of nitrogens with zero attached hydrogens (tertiary/aromatic N) is 1. The molecule has 1 aliphatic heterocycles. The van der Waals surface area contributed by atoms with Gasteiger partial charge in [-0.3, -0.25) is 4.90 Å². The average Bonchev–Trinajstić information content (AvgIpc) is 2.69. The molecule has 2 aliphatic rings. The molecule has 0 N–H and O–H groups in total. The summed E-state index contributed by atoms with van der Waals surface area (Å²) in [5.41, 5.74) is 6.29. The normalized spacial score (nSPS) is 21.5. The van der Waals surface area contributed by atoms with Gasteiger partial charge in [-0.25, -0.2) is 0 Å². The standard InChI is InChI=1S/C25H33N/c1-2-3-8-20-15-17-26(18-16-20)25-19-23-11-5-4-9-21(23)13-14-22-10-6-7-12-24(22)25/h4-7,9-12,20,25H,2-3,8,13-19H2,1H3. The van der Waals surface area contributed by atoms with Gasteiger partial charge in [0.15, 0.2) is 0 Å². The van der Waals surface area contributed by atoms with E-state index >= 15 is 0 Å². The summed E-state index contributed by atoms with van der Waals surface area (Å²) in [6.45, 7) is 4.86. The lowest BCUT2D eigenvalue weighted by Crippen LogP contribution is -2.38. The SMILES string of the molecule is CCCCC1CCN(C2Cc3ccccc3CCc3ccccc32)CC1. The molecule has 1 heteroatoms. The van der Waals surface area contributed by atoms with Crippen molar-refractivity contribution in [1.29, 1.82) is 0 Å². The van der Waals surface area contributed by atoms with Crippen molar-refractivity contribution in [2.75, 3.05) is 13.1 Å². The molecule has 0 saturated carbocycles. The highest BCUT2D eigenvalue weighted by Gasteiger charge is 2.28. The summed E-state index contributed by atoms with van der Waals surface area (Å²) in [6, 6.07) is 18.9. The molecule has 1 heterocycles. The van der Waals surface area contributed by atoms with Crippen LogP contribution in [-0.2, 0) is 19.3 Å². The van der Waals surface area contributed by atoms with E-state index in [0.29, 0.717) is 6.04 Å². The molecule has 1 aliphatic carbocycles. The van der Waals surface area contributed by atoms with Crippen LogP contribution in [0.5, 0.6) is 0 Å². The molecule has 4 rings (SSSR count). The lowest BCUT2D eigenvalue weighted by atomic mass is 9.83. The van der Waals surface area contributed by atoms with E-state index in [0.717, 1.165) is 5.92 Å². The fourth-order valence-corrected chi connectivity index (χ4v) is 5.05. The average molecular weight is 348 g/mol. The first-order valence-electron chi connectivity index (χ1n) is 10.7. The number of rotatable bonds is 4. The van der Waals surface area contributed by atoms with Crippen molar-refractivity contribution in [2.24, 2.45) is 5.92 Å². The molecule has 1 saturated heterocycles. The Labute approximate surface area is 159 Å². The number of hydrogen-bond donors (Lipinski definition) is 0. The zero-order valence-corrected chi connectivity index (χ0v) is 16.3. The van der Waals surface area contributed by atoms with Crippen LogP contribution in [0, 0.1) is 5.92 Å². The van der Waals surface area contributed by atoms with Crippen molar-refractivity contribution >= 4 is 0 Å². The van der Waals surface area contributed by atoms with Crippen molar-refractivity contribution in [1.82, 2.24) is 4.90 Å². The van der Waals surface area contributed by atoms with Gasteiger partial charge in [0, 0.05) is 6.04 Å². The quantitative estimate of drug-likeness (QED) is 0.658. The van der Waals surface area contributed by atoms with Crippen molar-refractivity contribution in [2.45, 2.75) is 64.3 Å².